The van der Waals surface area contributed by atoms with Gasteiger partial charge in [0.15, 0.2) is 0 Å². The van der Waals surface area contributed by atoms with Crippen molar-refractivity contribution in [3.8, 4) is 0 Å². The molecule has 4 heterocycles. The van der Waals surface area contributed by atoms with Crippen LogP contribution in [0.2, 0.25) is 0 Å². The lowest BCUT2D eigenvalue weighted by Gasteiger charge is -2.23. The first-order valence-electron chi connectivity index (χ1n) is 8.22. The number of hydrogen-bond donors (Lipinski definition) is 0. The maximum Gasteiger partial charge on any atom is 0.251 e. The summed E-state index contributed by atoms with van der Waals surface area (Å²) in [5, 5.41) is 3.05. The molecule has 0 aliphatic carbocycles. The van der Waals surface area contributed by atoms with Gasteiger partial charge in [0, 0.05) is 37.5 Å². The third-order valence-electron chi connectivity index (χ3n) is 5.06. The minimum Gasteiger partial charge on any atom is -0.368 e. The second-order valence-electron chi connectivity index (χ2n) is 6.69. The van der Waals surface area contributed by atoms with E-state index < -0.39 is 0 Å². The molecule has 0 radical (unpaired) electrons. The molecule has 4 rings (SSSR count). The Morgan fingerprint density at radius 2 is 2.30 bits per heavy atom. The minimum absolute atomic E-state index is 0.0416. The average molecular weight is 335 g/mol. The van der Waals surface area contributed by atoms with Gasteiger partial charge in [-0.2, -0.15) is 0 Å². The number of aryl methyl sites for hydroxylation is 1. The quantitative estimate of drug-likeness (QED) is 0.828. The molecular weight excluding hydrogens is 314 g/mol. The van der Waals surface area contributed by atoms with E-state index in [0.29, 0.717) is 26.2 Å². The Hall–Kier alpha value is -1.47. The zero-order valence-electron chi connectivity index (χ0n) is 13.2. The average Bonchev–Trinajstić information content (AvgIpc) is 3.28. The smallest absolute Gasteiger partial charge is 0.251 e. The van der Waals surface area contributed by atoms with Crippen LogP contribution in [0.25, 0.3) is 0 Å². The van der Waals surface area contributed by atoms with Crippen LogP contribution in [0.5, 0.6) is 0 Å². The first-order chi connectivity index (χ1) is 11.1. The maximum absolute atomic E-state index is 12.6. The lowest BCUT2D eigenvalue weighted by Crippen LogP contribution is -2.40. The summed E-state index contributed by atoms with van der Waals surface area (Å²) < 4.78 is 5.48. The number of carbonyl (C=O) groups is 2. The monoisotopic (exact) mass is 335 g/mol. The van der Waals surface area contributed by atoms with Gasteiger partial charge in [-0.1, -0.05) is 0 Å². The molecule has 1 aromatic rings. The molecule has 23 heavy (non-hydrogen) atoms. The first kappa shape index (κ1) is 15.1. The van der Waals surface area contributed by atoms with Crippen LogP contribution >= 0.6 is 11.3 Å². The van der Waals surface area contributed by atoms with Crippen LogP contribution in [-0.4, -0.2) is 58.9 Å². The number of carbonyl (C=O) groups excluding carboxylic acids is 2. The van der Waals surface area contributed by atoms with Crippen molar-refractivity contribution < 1.29 is 14.3 Å². The van der Waals surface area contributed by atoms with Crippen molar-refractivity contribution in [3.63, 3.8) is 0 Å². The summed E-state index contributed by atoms with van der Waals surface area (Å²) >= 11 is 1.61. The lowest BCUT2D eigenvalue weighted by atomic mass is 10.0. The van der Waals surface area contributed by atoms with E-state index in [1.54, 1.807) is 11.3 Å². The van der Waals surface area contributed by atoms with E-state index in [1.165, 1.54) is 0 Å². The summed E-state index contributed by atoms with van der Waals surface area (Å²) in [7, 11) is 0. The first-order valence-corrected chi connectivity index (χ1v) is 9.10. The maximum atomic E-state index is 12.6. The van der Waals surface area contributed by atoms with Crippen LogP contribution in [0, 0.1) is 18.8 Å². The van der Waals surface area contributed by atoms with Crippen LogP contribution in [0.1, 0.15) is 23.5 Å². The van der Waals surface area contributed by atoms with E-state index in [1.807, 2.05) is 22.1 Å². The molecular formula is C16H21N3O3S. The summed E-state index contributed by atoms with van der Waals surface area (Å²) in [6.07, 6.45) is 1.49. The fourth-order valence-corrected chi connectivity index (χ4v) is 4.52. The van der Waals surface area contributed by atoms with E-state index in [4.69, 9.17) is 4.74 Å². The van der Waals surface area contributed by atoms with E-state index in [0.717, 1.165) is 30.1 Å². The fraction of sp³-hybridized carbons (Fsp3) is 0.688. The third kappa shape index (κ3) is 2.76. The standard InChI is InChI=1S/C16H21N3O3S/c1-10-17-12(9-23-10)7-18-5-11-6-19(8-13(11)15(18)20)16(21)14-3-2-4-22-14/h9,11,13-14H,2-8H2,1H3/t11-,13+,14-/m1/s1. The molecule has 7 heteroatoms. The second kappa shape index (κ2) is 5.87. The second-order valence-corrected chi connectivity index (χ2v) is 7.75. The molecule has 0 saturated carbocycles. The van der Waals surface area contributed by atoms with Gasteiger partial charge in [0.2, 0.25) is 5.91 Å². The Kier molecular flexibility index (Phi) is 3.85. The lowest BCUT2D eigenvalue weighted by molar-refractivity contribution is -0.140. The fourth-order valence-electron chi connectivity index (χ4n) is 3.92. The molecule has 3 aliphatic rings. The molecule has 124 valence electrons. The highest BCUT2D eigenvalue weighted by atomic mass is 32.1. The van der Waals surface area contributed by atoms with E-state index in [-0.39, 0.29) is 29.8 Å². The van der Waals surface area contributed by atoms with Gasteiger partial charge in [-0.25, -0.2) is 4.98 Å². The van der Waals surface area contributed by atoms with Crippen LogP contribution < -0.4 is 0 Å². The minimum atomic E-state index is -0.280. The van der Waals surface area contributed by atoms with Crippen LogP contribution in [-0.2, 0) is 20.9 Å². The molecule has 0 aromatic carbocycles. The molecule has 3 atom stereocenters. The number of fused-ring (bicyclic) bond motifs is 1. The number of hydrogen-bond acceptors (Lipinski definition) is 5. The van der Waals surface area contributed by atoms with E-state index in [2.05, 4.69) is 4.98 Å². The predicted octanol–water partition coefficient (Wildman–Crippen LogP) is 1.05. The molecule has 2 amide bonds. The van der Waals surface area contributed by atoms with Gasteiger partial charge in [0.1, 0.15) is 6.10 Å². The summed E-state index contributed by atoms with van der Waals surface area (Å²) in [5.74, 6) is 0.461. The van der Waals surface area contributed by atoms with Crippen molar-refractivity contribution >= 4 is 23.2 Å². The van der Waals surface area contributed by atoms with Gasteiger partial charge in [-0.15, -0.1) is 11.3 Å². The highest BCUT2D eigenvalue weighted by molar-refractivity contribution is 7.09. The number of likely N-dealkylation sites (tertiary alicyclic amines) is 2. The molecule has 0 spiro atoms. The molecule has 6 nitrogen and oxygen atoms in total. The Morgan fingerprint density at radius 3 is 2.96 bits per heavy atom. The van der Waals surface area contributed by atoms with Crippen molar-refractivity contribution in [2.75, 3.05) is 26.2 Å². The molecule has 3 fully saturated rings. The van der Waals surface area contributed by atoms with Crippen molar-refractivity contribution in [3.05, 3.63) is 16.1 Å². The van der Waals surface area contributed by atoms with Crippen molar-refractivity contribution in [1.29, 1.82) is 0 Å². The topological polar surface area (TPSA) is 62.7 Å². The van der Waals surface area contributed by atoms with Crippen LogP contribution in [0.15, 0.2) is 5.38 Å². The van der Waals surface area contributed by atoms with E-state index in [9.17, 15) is 9.59 Å². The Bertz CT molecular complexity index is 626. The molecule has 3 saturated heterocycles. The van der Waals surface area contributed by atoms with Crippen molar-refractivity contribution in [2.24, 2.45) is 11.8 Å². The van der Waals surface area contributed by atoms with Crippen molar-refractivity contribution in [2.45, 2.75) is 32.4 Å². The molecule has 3 aliphatic heterocycles. The number of thiazole rings is 1. The summed E-state index contributed by atoms with van der Waals surface area (Å²) in [4.78, 5) is 33.2. The van der Waals surface area contributed by atoms with E-state index >= 15 is 0 Å². The van der Waals surface area contributed by atoms with Crippen LogP contribution in [0.4, 0.5) is 0 Å². The normalized spacial score (nSPS) is 30.3. The van der Waals surface area contributed by atoms with Crippen molar-refractivity contribution in [1.82, 2.24) is 14.8 Å². The van der Waals surface area contributed by atoms with Gasteiger partial charge in [0.25, 0.3) is 5.91 Å². The van der Waals surface area contributed by atoms with Gasteiger partial charge in [0.05, 0.1) is 23.2 Å². The zero-order valence-corrected chi connectivity index (χ0v) is 14.1. The van der Waals surface area contributed by atoms with Gasteiger partial charge in [-0.05, 0) is 19.8 Å². The number of rotatable bonds is 3. The van der Waals surface area contributed by atoms with Gasteiger partial charge in [-0.3, -0.25) is 9.59 Å². The Morgan fingerprint density at radius 1 is 1.43 bits per heavy atom. The van der Waals surface area contributed by atoms with Crippen LogP contribution in [0.3, 0.4) is 0 Å². The summed E-state index contributed by atoms with van der Waals surface area (Å²) in [5.41, 5.74) is 0.966. The number of amides is 2. The predicted molar refractivity (Wildman–Crippen MR) is 84.8 cm³/mol. The molecule has 0 unspecified atom stereocenters. The van der Waals surface area contributed by atoms with Gasteiger partial charge < -0.3 is 14.5 Å². The number of aromatic nitrogens is 1. The number of nitrogens with zero attached hydrogens (tertiary/aromatic N) is 3. The summed E-state index contributed by atoms with van der Waals surface area (Å²) in [6.45, 7) is 5.21. The largest absolute Gasteiger partial charge is 0.368 e. The summed E-state index contributed by atoms with van der Waals surface area (Å²) in [6, 6.07) is 0. The Labute approximate surface area is 139 Å². The SMILES string of the molecule is Cc1nc(CN2C[C@@H]3CN(C(=O)[C@H]4CCCO4)C[C@@H]3C2=O)cs1. The number of ether oxygens (including phenoxy) is 1. The van der Waals surface area contributed by atoms with Gasteiger partial charge >= 0.3 is 0 Å². The molecule has 0 N–H and O–H groups in total. The zero-order chi connectivity index (χ0) is 16.0. The molecule has 0 bridgehead atoms. The Balaban J connectivity index is 1.38. The highest BCUT2D eigenvalue weighted by Gasteiger charge is 2.48. The molecule has 1 aromatic heterocycles. The highest BCUT2D eigenvalue weighted by Crippen LogP contribution is 2.34. The third-order valence-corrected chi connectivity index (χ3v) is 5.88.